The average Bonchev–Trinajstić information content (AvgIpc) is 2.76. The zero-order valence-electron chi connectivity index (χ0n) is 14.6. The minimum Gasteiger partial charge on any atom is -0.325 e. The molecule has 1 amide bonds. The second kappa shape index (κ2) is 6.68. The van der Waals surface area contributed by atoms with E-state index in [0.29, 0.717) is 23.2 Å². The lowest BCUT2D eigenvalue weighted by molar-refractivity contribution is -0.133. The van der Waals surface area contributed by atoms with Crippen LogP contribution in [0.25, 0.3) is 0 Å². The molecule has 2 aliphatic rings. The van der Waals surface area contributed by atoms with Crippen LogP contribution >= 0.6 is 0 Å². The van der Waals surface area contributed by atoms with Gasteiger partial charge in [0, 0.05) is 6.54 Å². The van der Waals surface area contributed by atoms with Gasteiger partial charge in [-0.3, -0.25) is 10.1 Å². The second-order valence-electron chi connectivity index (χ2n) is 8.06. The molecule has 0 spiro atoms. The molecule has 1 saturated carbocycles. The maximum atomic E-state index is 12.9. The molecule has 3 unspecified atom stereocenters. The summed E-state index contributed by atoms with van der Waals surface area (Å²) in [6, 6.07) is 0.0228. The maximum Gasteiger partial charge on any atom is 0.241 e. The van der Waals surface area contributed by atoms with Crippen molar-refractivity contribution in [1.82, 2.24) is 10.2 Å². The molecule has 1 saturated heterocycles. The van der Waals surface area contributed by atoms with E-state index in [1.54, 1.807) is 0 Å². The Morgan fingerprint density at radius 1 is 1.24 bits per heavy atom. The van der Waals surface area contributed by atoms with Crippen molar-refractivity contribution in [3.8, 4) is 0 Å². The van der Waals surface area contributed by atoms with E-state index < -0.39 is 0 Å². The third-order valence-electron chi connectivity index (χ3n) is 5.69. The van der Waals surface area contributed by atoms with Crippen molar-refractivity contribution in [2.75, 3.05) is 6.54 Å². The van der Waals surface area contributed by atoms with Gasteiger partial charge >= 0.3 is 0 Å². The molecule has 0 aromatic carbocycles. The molecule has 1 N–H and O–H groups in total. The first-order valence-electron chi connectivity index (χ1n) is 8.94. The van der Waals surface area contributed by atoms with Crippen LogP contribution in [-0.2, 0) is 4.79 Å². The van der Waals surface area contributed by atoms with Gasteiger partial charge in [0.05, 0.1) is 12.2 Å². The summed E-state index contributed by atoms with van der Waals surface area (Å²) in [6.45, 7) is 12.1. The highest BCUT2D eigenvalue weighted by molar-refractivity contribution is 5.84. The number of rotatable bonds is 5. The first-order chi connectivity index (χ1) is 9.88. The summed E-state index contributed by atoms with van der Waals surface area (Å²) in [4.78, 5) is 15.1. The van der Waals surface area contributed by atoms with E-state index in [1.807, 2.05) is 0 Å². The second-order valence-corrected chi connectivity index (χ2v) is 8.06. The standard InChI is InChI=1S/C18H34N2O/c1-6-14(4)15-17(21)20(16(19-15)13(2)3)12-18(5)10-8-7-9-11-18/h13-16,19H,6-12H2,1-5H3. The lowest BCUT2D eigenvalue weighted by Gasteiger charge is -2.39. The fourth-order valence-electron chi connectivity index (χ4n) is 4.01. The Morgan fingerprint density at radius 2 is 1.86 bits per heavy atom. The van der Waals surface area contributed by atoms with Crippen LogP contribution in [0, 0.1) is 17.3 Å². The Balaban J connectivity index is 2.12. The lowest BCUT2D eigenvalue weighted by atomic mass is 9.75. The number of nitrogens with one attached hydrogen (secondary N) is 1. The summed E-state index contributed by atoms with van der Waals surface area (Å²) in [5, 5.41) is 3.62. The summed E-state index contributed by atoms with van der Waals surface area (Å²) in [6.07, 6.45) is 7.84. The zero-order valence-corrected chi connectivity index (χ0v) is 14.6. The quantitative estimate of drug-likeness (QED) is 0.837. The Kier molecular flexibility index (Phi) is 5.34. The highest BCUT2D eigenvalue weighted by atomic mass is 16.2. The molecular weight excluding hydrogens is 260 g/mol. The molecule has 1 heterocycles. The van der Waals surface area contributed by atoms with Crippen molar-refractivity contribution in [1.29, 1.82) is 0 Å². The molecule has 3 heteroatoms. The van der Waals surface area contributed by atoms with Crippen molar-refractivity contribution >= 4 is 5.91 Å². The van der Waals surface area contributed by atoms with Crippen LogP contribution in [0.15, 0.2) is 0 Å². The van der Waals surface area contributed by atoms with E-state index in [1.165, 1.54) is 32.1 Å². The molecule has 3 nitrogen and oxygen atoms in total. The van der Waals surface area contributed by atoms with Gasteiger partial charge in [0.15, 0.2) is 0 Å². The van der Waals surface area contributed by atoms with Crippen molar-refractivity contribution in [3.63, 3.8) is 0 Å². The summed E-state index contributed by atoms with van der Waals surface area (Å²) >= 11 is 0. The molecule has 0 radical (unpaired) electrons. The third-order valence-corrected chi connectivity index (χ3v) is 5.69. The van der Waals surface area contributed by atoms with Gasteiger partial charge in [0.25, 0.3) is 0 Å². The van der Waals surface area contributed by atoms with Crippen LogP contribution in [-0.4, -0.2) is 29.6 Å². The van der Waals surface area contributed by atoms with Gasteiger partial charge in [0.1, 0.15) is 0 Å². The topological polar surface area (TPSA) is 32.3 Å². The Hall–Kier alpha value is -0.570. The molecule has 0 aromatic rings. The molecule has 0 bridgehead atoms. The predicted molar refractivity (Wildman–Crippen MR) is 87.9 cm³/mol. The first-order valence-corrected chi connectivity index (χ1v) is 8.94. The largest absolute Gasteiger partial charge is 0.325 e. The molecule has 2 fully saturated rings. The molecular formula is C18H34N2O. The molecule has 3 atom stereocenters. The average molecular weight is 294 g/mol. The van der Waals surface area contributed by atoms with Gasteiger partial charge in [-0.2, -0.15) is 0 Å². The smallest absolute Gasteiger partial charge is 0.241 e. The first kappa shape index (κ1) is 16.8. The van der Waals surface area contributed by atoms with Crippen LogP contribution in [0.4, 0.5) is 0 Å². The van der Waals surface area contributed by atoms with E-state index in [0.717, 1.165) is 13.0 Å². The molecule has 1 aliphatic carbocycles. The Morgan fingerprint density at radius 3 is 2.38 bits per heavy atom. The van der Waals surface area contributed by atoms with Crippen molar-refractivity contribution in [2.24, 2.45) is 17.3 Å². The molecule has 2 rings (SSSR count). The summed E-state index contributed by atoms with van der Waals surface area (Å²) in [5.41, 5.74) is 0.326. The monoisotopic (exact) mass is 294 g/mol. The normalized spacial score (nSPS) is 31.0. The van der Waals surface area contributed by atoms with Gasteiger partial charge in [-0.1, -0.05) is 60.3 Å². The Labute approximate surface area is 130 Å². The van der Waals surface area contributed by atoms with Crippen molar-refractivity contribution < 1.29 is 4.79 Å². The van der Waals surface area contributed by atoms with Crippen LogP contribution in [0.3, 0.4) is 0 Å². The van der Waals surface area contributed by atoms with E-state index in [4.69, 9.17) is 0 Å². The van der Waals surface area contributed by atoms with Gasteiger partial charge in [0.2, 0.25) is 5.91 Å². The van der Waals surface area contributed by atoms with E-state index >= 15 is 0 Å². The van der Waals surface area contributed by atoms with E-state index in [9.17, 15) is 4.79 Å². The molecule has 1 aliphatic heterocycles. The summed E-state index contributed by atoms with van der Waals surface area (Å²) in [5.74, 6) is 1.23. The fourth-order valence-corrected chi connectivity index (χ4v) is 4.01. The molecule has 21 heavy (non-hydrogen) atoms. The number of carbonyl (C=O) groups is 1. The predicted octanol–water partition coefficient (Wildman–Crippen LogP) is 3.79. The van der Waals surface area contributed by atoms with E-state index in [2.05, 4.69) is 44.8 Å². The van der Waals surface area contributed by atoms with Crippen molar-refractivity contribution in [2.45, 2.75) is 85.4 Å². The number of nitrogens with zero attached hydrogens (tertiary/aromatic N) is 1. The maximum absolute atomic E-state index is 12.9. The summed E-state index contributed by atoms with van der Waals surface area (Å²) < 4.78 is 0. The van der Waals surface area contributed by atoms with Gasteiger partial charge in [-0.25, -0.2) is 0 Å². The van der Waals surface area contributed by atoms with Crippen LogP contribution in [0.5, 0.6) is 0 Å². The van der Waals surface area contributed by atoms with Gasteiger partial charge < -0.3 is 4.90 Å². The summed E-state index contributed by atoms with van der Waals surface area (Å²) in [7, 11) is 0. The highest BCUT2D eigenvalue weighted by Gasteiger charge is 2.44. The minimum atomic E-state index is 0.0228. The van der Waals surface area contributed by atoms with Crippen LogP contribution in [0.1, 0.15) is 73.1 Å². The zero-order chi connectivity index (χ0) is 15.6. The van der Waals surface area contributed by atoms with Crippen LogP contribution in [0.2, 0.25) is 0 Å². The molecule has 0 aromatic heterocycles. The third kappa shape index (κ3) is 3.61. The number of amides is 1. The van der Waals surface area contributed by atoms with E-state index in [-0.39, 0.29) is 12.2 Å². The molecule has 122 valence electrons. The Bertz CT molecular complexity index is 360. The van der Waals surface area contributed by atoms with Crippen LogP contribution < -0.4 is 5.32 Å². The van der Waals surface area contributed by atoms with Crippen molar-refractivity contribution in [3.05, 3.63) is 0 Å². The number of carbonyl (C=O) groups excluding carboxylic acids is 1. The lowest BCUT2D eigenvalue weighted by Crippen LogP contribution is -2.46. The van der Waals surface area contributed by atoms with Gasteiger partial charge in [-0.15, -0.1) is 0 Å². The van der Waals surface area contributed by atoms with Gasteiger partial charge in [-0.05, 0) is 30.1 Å². The number of hydrogen-bond acceptors (Lipinski definition) is 2. The fraction of sp³-hybridized carbons (Fsp3) is 0.944. The SMILES string of the molecule is CCC(C)C1NC(C(C)C)N(CC2(C)CCCCC2)C1=O. The number of hydrogen-bond donors (Lipinski definition) is 1. The highest BCUT2D eigenvalue weighted by Crippen LogP contribution is 2.38. The minimum absolute atomic E-state index is 0.0228.